The molecule has 0 fully saturated rings. The van der Waals surface area contributed by atoms with Crippen molar-refractivity contribution in [2.45, 2.75) is 341 Å². The van der Waals surface area contributed by atoms with Gasteiger partial charge in [0.1, 0.15) is 19.3 Å². The van der Waals surface area contributed by atoms with Gasteiger partial charge in [0.15, 0.2) is 12.2 Å². The van der Waals surface area contributed by atoms with Gasteiger partial charge in [-0.2, -0.15) is 0 Å². The third-order valence-electron chi connectivity index (χ3n) is 15.9. The number of carbonyl (C=O) groups is 4. The number of allylic oxidation sites excluding steroid dienone is 13. The first-order valence-electron chi connectivity index (χ1n) is 37.8. The van der Waals surface area contributed by atoms with Crippen LogP contribution in [0.15, 0.2) is 85.1 Å². The molecule has 96 heavy (non-hydrogen) atoms. The Kier molecular flexibility index (Phi) is 67.0. The molecule has 0 bridgehead atoms. The number of aliphatic hydroxyl groups is 1. The topological polar surface area (TPSA) is 237 Å². The minimum absolute atomic E-state index is 0.0676. The van der Waals surface area contributed by atoms with Crippen LogP contribution in [0.3, 0.4) is 0 Å². The van der Waals surface area contributed by atoms with Gasteiger partial charge in [0, 0.05) is 19.3 Å². The van der Waals surface area contributed by atoms with Crippen LogP contribution in [-0.4, -0.2) is 96.7 Å². The van der Waals surface area contributed by atoms with Crippen LogP contribution in [0.2, 0.25) is 0 Å². The van der Waals surface area contributed by atoms with E-state index in [-0.39, 0.29) is 25.7 Å². The second-order valence-corrected chi connectivity index (χ2v) is 28.1. The highest BCUT2D eigenvalue weighted by Crippen LogP contribution is 2.45. The second kappa shape index (κ2) is 69.7. The molecule has 0 aromatic heterocycles. The van der Waals surface area contributed by atoms with Gasteiger partial charge in [0.05, 0.1) is 32.8 Å². The lowest BCUT2D eigenvalue weighted by molar-refractivity contribution is -0.161. The monoisotopic (exact) mass is 1390 g/mol. The van der Waals surface area contributed by atoms with Crippen LogP contribution in [0, 0.1) is 0 Å². The highest BCUT2D eigenvalue weighted by atomic mass is 31.2. The van der Waals surface area contributed by atoms with Gasteiger partial charge in [-0.25, -0.2) is 9.13 Å². The van der Waals surface area contributed by atoms with E-state index in [0.29, 0.717) is 25.7 Å². The summed E-state index contributed by atoms with van der Waals surface area (Å²) in [5.41, 5.74) is 0. The predicted molar refractivity (Wildman–Crippen MR) is 390 cm³/mol. The Balaban J connectivity index is 5.38. The van der Waals surface area contributed by atoms with Crippen molar-refractivity contribution in [3.8, 4) is 0 Å². The molecular formula is C77H136O17P2. The van der Waals surface area contributed by atoms with Crippen LogP contribution < -0.4 is 0 Å². The smallest absolute Gasteiger partial charge is 0.462 e. The number of carbonyl (C=O) groups excluding carboxylic acids is 4. The average molecular weight is 1400 g/mol. The Morgan fingerprint density at radius 2 is 0.583 bits per heavy atom. The normalized spacial score (nSPS) is 14.4. The Labute approximate surface area is 583 Å². The third kappa shape index (κ3) is 68.8. The summed E-state index contributed by atoms with van der Waals surface area (Å²) in [6.45, 7) is 4.63. The molecule has 0 saturated carbocycles. The van der Waals surface area contributed by atoms with Crippen molar-refractivity contribution in [3.63, 3.8) is 0 Å². The zero-order valence-corrected chi connectivity index (χ0v) is 62.3. The molecule has 0 rings (SSSR count). The summed E-state index contributed by atoms with van der Waals surface area (Å²) < 4.78 is 68.3. The lowest BCUT2D eigenvalue weighted by Gasteiger charge is -2.21. The van der Waals surface area contributed by atoms with Crippen molar-refractivity contribution < 1.29 is 80.2 Å². The number of hydrogen-bond acceptors (Lipinski definition) is 15. The highest BCUT2D eigenvalue weighted by molar-refractivity contribution is 7.47. The summed E-state index contributed by atoms with van der Waals surface area (Å²) in [4.78, 5) is 72.7. The molecule has 556 valence electrons. The van der Waals surface area contributed by atoms with E-state index < -0.39 is 97.5 Å². The fourth-order valence-corrected chi connectivity index (χ4v) is 11.7. The number of rotatable bonds is 71. The molecule has 0 radical (unpaired) electrons. The van der Waals surface area contributed by atoms with E-state index in [4.69, 9.17) is 37.0 Å². The van der Waals surface area contributed by atoms with E-state index in [9.17, 15) is 43.2 Å². The number of hydrogen-bond donors (Lipinski definition) is 3. The van der Waals surface area contributed by atoms with Gasteiger partial charge in [-0.1, -0.05) is 299 Å². The van der Waals surface area contributed by atoms with E-state index >= 15 is 0 Å². The first-order valence-corrected chi connectivity index (χ1v) is 40.8. The Bertz CT molecular complexity index is 2160. The van der Waals surface area contributed by atoms with Gasteiger partial charge in [-0.15, -0.1) is 0 Å². The van der Waals surface area contributed by atoms with Crippen molar-refractivity contribution in [1.82, 2.24) is 0 Å². The number of ether oxygens (including phenoxy) is 4. The molecule has 0 amide bonds. The summed E-state index contributed by atoms with van der Waals surface area (Å²) in [6, 6.07) is 0. The molecule has 0 aliphatic rings. The molecule has 0 aliphatic heterocycles. The predicted octanol–water partition coefficient (Wildman–Crippen LogP) is 21.4. The molecule has 5 atom stereocenters. The quantitative estimate of drug-likeness (QED) is 0.0169. The first-order chi connectivity index (χ1) is 46.7. The van der Waals surface area contributed by atoms with E-state index in [0.717, 1.165) is 122 Å². The van der Waals surface area contributed by atoms with Crippen molar-refractivity contribution in [2.24, 2.45) is 0 Å². The number of unbranched alkanes of at least 4 members (excludes halogenated alkanes) is 32. The molecule has 0 spiro atoms. The number of phosphoric acid groups is 2. The molecule has 0 aromatic rings. The van der Waals surface area contributed by atoms with E-state index in [2.05, 4.69) is 88.5 Å². The summed E-state index contributed by atoms with van der Waals surface area (Å²) >= 11 is 0. The van der Waals surface area contributed by atoms with Crippen LogP contribution >= 0.6 is 15.6 Å². The summed E-state index contributed by atoms with van der Waals surface area (Å²) in [6.07, 6.45) is 70.4. The van der Waals surface area contributed by atoms with Gasteiger partial charge in [-0.3, -0.25) is 37.3 Å². The Morgan fingerprint density at radius 3 is 0.948 bits per heavy atom. The molecule has 5 unspecified atom stereocenters. The number of esters is 4. The summed E-state index contributed by atoms with van der Waals surface area (Å²) in [5, 5.41) is 10.6. The van der Waals surface area contributed by atoms with Gasteiger partial charge >= 0.3 is 39.5 Å². The van der Waals surface area contributed by atoms with Crippen LogP contribution in [0.4, 0.5) is 0 Å². The van der Waals surface area contributed by atoms with Gasteiger partial charge in [-0.05, 0) is 83.5 Å². The van der Waals surface area contributed by atoms with Crippen molar-refractivity contribution in [1.29, 1.82) is 0 Å². The lowest BCUT2D eigenvalue weighted by atomic mass is 10.0. The molecule has 0 aromatic carbocycles. The molecule has 19 heteroatoms. The zero-order valence-electron chi connectivity index (χ0n) is 60.5. The van der Waals surface area contributed by atoms with Crippen molar-refractivity contribution >= 4 is 39.5 Å². The second-order valence-electron chi connectivity index (χ2n) is 25.2. The molecule has 0 aliphatic carbocycles. The van der Waals surface area contributed by atoms with Crippen LogP contribution in [0.5, 0.6) is 0 Å². The Morgan fingerprint density at radius 1 is 0.312 bits per heavy atom. The molecular weight excluding hydrogens is 1260 g/mol. The fourth-order valence-electron chi connectivity index (χ4n) is 10.1. The van der Waals surface area contributed by atoms with Gasteiger partial charge in [0.2, 0.25) is 0 Å². The standard InChI is InChI=1S/C77H136O17P2/c1-5-9-13-17-21-25-29-32-35-38-42-45-49-53-57-61-74(79)87-67-72(93-76(81)63-59-55-51-47-41-28-24-20-16-12-8-4)69-91-95(83,84)89-65-71(78)66-90-96(85,86)92-70-73(94-77(82)64-60-56-52-48-44-40-37-34-31-27-23-19-15-11-7-3)68-88-75(80)62-58-54-50-46-43-39-36-33-30-26-22-18-14-10-6-2/h10,14,21-22,25-26,32-33,35-36,43,46,54,58,71-73,78H,5-9,11-13,15-20,23-24,27-31,34,37-42,44-45,47-53,55-57,59-70H2,1-4H3,(H,83,84)(H,85,86)/b14-10-,25-21-,26-22-,35-32-,36-33-,46-43-,58-54-. The summed E-state index contributed by atoms with van der Waals surface area (Å²) in [5.74, 6) is -2.32. The third-order valence-corrected chi connectivity index (χ3v) is 17.8. The number of aliphatic hydroxyl groups excluding tert-OH is 1. The van der Waals surface area contributed by atoms with Crippen LogP contribution in [0.1, 0.15) is 323 Å². The van der Waals surface area contributed by atoms with E-state index in [1.165, 1.54) is 122 Å². The zero-order chi connectivity index (χ0) is 70.4. The van der Waals surface area contributed by atoms with Gasteiger partial charge < -0.3 is 33.8 Å². The largest absolute Gasteiger partial charge is 0.472 e. The molecule has 0 saturated heterocycles. The fraction of sp³-hybridized carbons (Fsp3) is 0.766. The average Bonchev–Trinajstić information content (AvgIpc) is 1.09. The Hall–Kier alpha value is -3.76. The minimum Gasteiger partial charge on any atom is -0.462 e. The minimum atomic E-state index is -4.99. The maximum absolute atomic E-state index is 13.1. The lowest BCUT2D eigenvalue weighted by Crippen LogP contribution is -2.30. The maximum atomic E-state index is 13.1. The van der Waals surface area contributed by atoms with E-state index in [1.807, 2.05) is 18.2 Å². The first kappa shape index (κ1) is 92.2. The van der Waals surface area contributed by atoms with Crippen molar-refractivity contribution in [2.75, 3.05) is 39.6 Å². The SMILES string of the molecule is CC/C=C\C/C=C\C/C=C\C/C=C\C/C=C\CC(=O)OCC(COP(=O)(O)OCC(O)COP(=O)(O)OCC(COC(=O)CCCCCCC/C=C\C/C=C\CCCCC)OC(=O)CCCCCCCCCCCCC)OC(=O)CCCCCCCCCCCCCCCCC. The van der Waals surface area contributed by atoms with Crippen LogP contribution in [0.25, 0.3) is 0 Å². The molecule has 17 nitrogen and oxygen atoms in total. The molecule has 0 heterocycles. The summed E-state index contributed by atoms with van der Waals surface area (Å²) in [7, 11) is -9.96. The maximum Gasteiger partial charge on any atom is 0.472 e. The van der Waals surface area contributed by atoms with E-state index in [1.54, 1.807) is 6.08 Å². The number of phosphoric ester groups is 2. The van der Waals surface area contributed by atoms with Crippen molar-refractivity contribution in [3.05, 3.63) is 85.1 Å². The molecule has 3 N–H and O–H groups in total. The highest BCUT2D eigenvalue weighted by Gasteiger charge is 2.30. The van der Waals surface area contributed by atoms with Gasteiger partial charge in [0.25, 0.3) is 0 Å². The van der Waals surface area contributed by atoms with Crippen LogP contribution in [-0.2, 0) is 65.4 Å².